The Morgan fingerprint density at radius 2 is 2.33 bits per heavy atom. The molecule has 3 N–H and O–H groups in total. The molecule has 0 spiro atoms. The number of rotatable bonds is 3. The lowest BCUT2D eigenvalue weighted by molar-refractivity contribution is 0.0639. The van der Waals surface area contributed by atoms with Crippen LogP contribution in [0.5, 0.6) is 0 Å². The van der Waals surface area contributed by atoms with Crippen LogP contribution in [0.2, 0.25) is 0 Å². The number of fused-ring (bicyclic) bond motifs is 3. The van der Waals surface area contributed by atoms with Crippen molar-refractivity contribution in [3.8, 4) is 11.1 Å². The molecule has 0 radical (unpaired) electrons. The second kappa shape index (κ2) is 3.11. The van der Waals surface area contributed by atoms with Gasteiger partial charge in [0.05, 0.1) is 12.1 Å². The van der Waals surface area contributed by atoms with E-state index in [4.69, 9.17) is 0 Å². The van der Waals surface area contributed by atoms with Crippen LogP contribution in [-0.2, 0) is 0 Å². The number of aromatic amines is 1. The standard InChI is InChI=1S/C13H13N3O2/c17-6-13(2-1-3-13)14-12(18)11-9-5-7-4-8(7)10(9)15-16-11/h4-5,17H,1-3,6H2,(H,14,18)(H,15,16). The van der Waals surface area contributed by atoms with Gasteiger partial charge in [-0.1, -0.05) is 0 Å². The van der Waals surface area contributed by atoms with E-state index in [1.165, 1.54) is 5.56 Å². The first-order valence-corrected chi connectivity index (χ1v) is 6.18. The van der Waals surface area contributed by atoms with E-state index in [1.54, 1.807) is 0 Å². The maximum absolute atomic E-state index is 12.2. The van der Waals surface area contributed by atoms with E-state index in [1.807, 2.05) is 12.1 Å². The number of benzene rings is 1. The third-order valence-corrected chi connectivity index (χ3v) is 4.11. The number of carbonyl (C=O) groups is 1. The van der Waals surface area contributed by atoms with Crippen molar-refractivity contribution < 1.29 is 9.90 Å². The molecular weight excluding hydrogens is 230 g/mol. The van der Waals surface area contributed by atoms with E-state index in [0.29, 0.717) is 5.69 Å². The lowest BCUT2D eigenvalue weighted by Gasteiger charge is -2.40. The van der Waals surface area contributed by atoms with E-state index < -0.39 is 5.54 Å². The predicted molar refractivity (Wildman–Crippen MR) is 66.2 cm³/mol. The second-order valence-corrected chi connectivity index (χ2v) is 5.26. The highest BCUT2D eigenvalue weighted by atomic mass is 16.3. The Labute approximate surface area is 103 Å². The number of carbonyl (C=O) groups excluding carboxylic acids is 1. The zero-order chi connectivity index (χ0) is 12.3. The number of nitrogens with one attached hydrogen (secondary N) is 2. The van der Waals surface area contributed by atoms with Gasteiger partial charge in [-0.2, -0.15) is 5.10 Å². The van der Waals surface area contributed by atoms with Gasteiger partial charge in [-0.3, -0.25) is 9.89 Å². The van der Waals surface area contributed by atoms with Gasteiger partial charge in [0.1, 0.15) is 11.2 Å². The Morgan fingerprint density at radius 3 is 3.00 bits per heavy atom. The Kier molecular flexibility index (Phi) is 1.74. The molecular formula is C13H13N3O2. The van der Waals surface area contributed by atoms with Crippen LogP contribution >= 0.6 is 0 Å². The van der Waals surface area contributed by atoms with Gasteiger partial charge in [0.25, 0.3) is 5.91 Å². The van der Waals surface area contributed by atoms with Crippen molar-refractivity contribution in [1.82, 2.24) is 15.5 Å². The van der Waals surface area contributed by atoms with Crippen molar-refractivity contribution in [1.29, 1.82) is 0 Å². The van der Waals surface area contributed by atoms with Crippen LogP contribution in [0, 0.1) is 0 Å². The van der Waals surface area contributed by atoms with E-state index in [-0.39, 0.29) is 12.5 Å². The Balaban J connectivity index is 1.65. The maximum atomic E-state index is 12.2. The number of aliphatic hydroxyl groups is 1. The van der Waals surface area contributed by atoms with Gasteiger partial charge in [0.15, 0.2) is 0 Å². The van der Waals surface area contributed by atoms with Crippen LogP contribution < -0.4 is 5.32 Å². The molecule has 0 atom stereocenters. The summed E-state index contributed by atoms with van der Waals surface area (Å²) >= 11 is 0. The lowest BCUT2D eigenvalue weighted by Crippen LogP contribution is -2.56. The minimum Gasteiger partial charge on any atom is -0.394 e. The average Bonchev–Trinajstić information content (AvgIpc) is 2.81. The van der Waals surface area contributed by atoms with Crippen molar-refractivity contribution in [3.63, 3.8) is 0 Å². The molecule has 5 heteroatoms. The molecule has 18 heavy (non-hydrogen) atoms. The first-order valence-electron chi connectivity index (χ1n) is 6.18. The molecule has 0 aliphatic heterocycles. The largest absolute Gasteiger partial charge is 0.394 e. The SMILES string of the molecule is O=C(NC1(CO)CCC1)c1[nH]nc2c3cc-3cc12. The normalized spacial score (nSPS) is 18.5. The van der Waals surface area contributed by atoms with Gasteiger partial charge >= 0.3 is 0 Å². The molecule has 0 saturated heterocycles. The fraction of sp³-hybridized carbons (Fsp3) is 0.385. The molecule has 1 aromatic heterocycles. The van der Waals surface area contributed by atoms with Crippen LogP contribution in [-0.4, -0.2) is 33.4 Å². The Morgan fingerprint density at radius 1 is 1.50 bits per heavy atom. The minimum absolute atomic E-state index is 0.00130. The number of nitrogens with zero attached hydrogens (tertiary/aromatic N) is 1. The van der Waals surface area contributed by atoms with E-state index in [0.717, 1.165) is 35.7 Å². The fourth-order valence-corrected chi connectivity index (χ4v) is 2.70. The van der Waals surface area contributed by atoms with Gasteiger partial charge in [-0.05, 0) is 37.0 Å². The molecule has 1 fully saturated rings. The topological polar surface area (TPSA) is 78.0 Å². The lowest BCUT2D eigenvalue weighted by atomic mass is 9.77. The van der Waals surface area contributed by atoms with Crippen LogP contribution in [0.15, 0.2) is 12.1 Å². The van der Waals surface area contributed by atoms with E-state index in [9.17, 15) is 9.90 Å². The van der Waals surface area contributed by atoms with Crippen molar-refractivity contribution in [2.24, 2.45) is 0 Å². The third kappa shape index (κ3) is 1.19. The summed E-state index contributed by atoms with van der Waals surface area (Å²) in [7, 11) is 0. The fourth-order valence-electron chi connectivity index (χ4n) is 2.70. The number of aliphatic hydroxyl groups excluding tert-OH is 1. The average molecular weight is 243 g/mol. The van der Waals surface area contributed by atoms with Gasteiger partial charge < -0.3 is 10.4 Å². The second-order valence-electron chi connectivity index (χ2n) is 5.26. The molecule has 92 valence electrons. The van der Waals surface area contributed by atoms with Crippen LogP contribution in [0.3, 0.4) is 0 Å². The number of amides is 1. The summed E-state index contributed by atoms with van der Waals surface area (Å²) < 4.78 is 0. The smallest absolute Gasteiger partial charge is 0.270 e. The van der Waals surface area contributed by atoms with Crippen molar-refractivity contribution in [2.75, 3.05) is 6.61 Å². The zero-order valence-corrected chi connectivity index (χ0v) is 9.79. The summed E-state index contributed by atoms with van der Waals surface area (Å²) in [4.78, 5) is 12.2. The molecule has 5 nitrogen and oxygen atoms in total. The molecule has 3 aliphatic carbocycles. The molecule has 0 bridgehead atoms. The molecule has 1 aromatic rings. The monoisotopic (exact) mass is 243 g/mol. The van der Waals surface area contributed by atoms with Crippen LogP contribution in [0.1, 0.15) is 29.8 Å². The number of aromatic nitrogens is 2. The van der Waals surface area contributed by atoms with Gasteiger partial charge in [-0.15, -0.1) is 0 Å². The maximum Gasteiger partial charge on any atom is 0.270 e. The third-order valence-electron chi connectivity index (χ3n) is 4.11. The molecule has 3 aliphatic rings. The highest BCUT2D eigenvalue weighted by Crippen LogP contribution is 2.43. The van der Waals surface area contributed by atoms with E-state index in [2.05, 4.69) is 15.5 Å². The minimum atomic E-state index is -0.414. The predicted octanol–water partition coefficient (Wildman–Crippen LogP) is 1.19. The van der Waals surface area contributed by atoms with Crippen molar-refractivity contribution >= 4 is 16.8 Å². The number of H-pyrrole nitrogens is 1. The summed E-state index contributed by atoms with van der Waals surface area (Å²) in [5, 5.41) is 20.1. The summed E-state index contributed by atoms with van der Waals surface area (Å²) in [6.07, 6.45) is 2.74. The van der Waals surface area contributed by atoms with Crippen LogP contribution in [0.25, 0.3) is 22.0 Å². The molecule has 1 saturated carbocycles. The van der Waals surface area contributed by atoms with Crippen LogP contribution in [0.4, 0.5) is 0 Å². The van der Waals surface area contributed by atoms with Crippen molar-refractivity contribution in [2.45, 2.75) is 24.8 Å². The highest BCUT2D eigenvalue weighted by molar-refractivity contribution is 6.15. The van der Waals surface area contributed by atoms with Gasteiger partial charge in [-0.25, -0.2) is 0 Å². The summed E-state index contributed by atoms with van der Waals surface area (Å²) in [6.45, 7) is 0.00130. The first kappa shape index (κ1) is 10.1. The van der Waals surface area contributed by atoms with Gasteiger partial charge in [0.2, 0.25) is 0 Å². The number of hydrogen-bond acceptors (Lipinski definition) is 3. The quantitative estimate of drug-likeness (QED) is 0.646. The number of hydrogen-bond donors (Lipinski definition) is 3. The van der Waals surface area contributed by atoms with Gasteiger partial charge in [0, 0.05) is 10.9 Å². The van der Waals surface area contributed by atoms with E-state index >= 15 is 0 Å². The first-order chi connectivity index (χ1) is 8.72. The Bertz CT molecular complexity index is 665. The Hall–Kier alpha value is -1.88. The zero-order valence-electron chi connectivity index (χ0n) is 9.79. The molecule has 1 heterocycles. The molecule has 1 amide bonds. The summed E-state index contributed by atoms with van der Waals surface area (Å²) in [6, 6.07) is 4.03. The highest BCUT2D eigenvalue weighted by Gasteiger charge is 2.38. The molecule has 0 unspecified atom stereocenters. The molecule has 0 aromatic carbocycles. The van der Waals surface area contributed by atoms with Crippen molar-refractivity contribution in [3.05, 3.63) is 17.8 Å². The summed E-state index contributed by atoms with van der Waals surface area (Å²) in [5.74, 6) is -0.170. The molecule has 4 rings (SSSR count). The summed E-state index contributed by atoms with van der Waals surface area (Å²) in [5.41, 5.74) is 3.28.